The molecule has 0 aliphatic rings. The molecule has 24 heavy (non-hydrogen) atoms. The van der Waals surface area contributed by atoms with Gasteiger partial charge in [-0.15, -0.1) is 0 Å². The molecule has 0 bridgehead atoms. The van der Waals surface area contributed by atoms with Gasteiger partial charge in [-0.25, -0.2) is 0 Å². The molecule has 2 aromatic heterocycles. The largest absolute Gasteiger partial charge is 0.366 e. The van der Waals surface area contributed by atoms with Crippen molar-refractivity contribution in [3.63, 3.8) is 0 Å². The van der Waals surface area contributed by atoms with Gasteiger partial charge in [-0.2, -0.15) is 0 Å². The molecule has 0 unspecified atom stereocenters. The number of amides is 1. The highest BCUT2D eigenvalue weighted by atomic mass is 16.5. The van der Waals surface area contributed by atoms with E-state index in [-0.39, 0.29) is 0 Å². The van der Waals surface area contributed by atoms with E-state index in [0.717, 1.165) is 44.4 Å². The number of benzene rings is 2. The van der Waals surface area contributed by atoms with Crippen LogP contribution in [0, 0.1) is 13.8 Å². The Hall–Kier alpha value is -3.08. The fourth-order valence-electron chi connectivity index (χ4n) is 3.52. The second-order valence-electron chi connectivity index (χ2n) is 6.06. The van der Waals surface area contributed by atoms with Crippen molar-refractivity contribution in [1.29, 1.82) is 0 Å². The van der Waals surface area contributed by atoms with Crippen molar-refractivity contribution in [3.8, 4) is 11.1 Å². The number of para-hydroxylation sites is 1. The van der Waals surface area contributed by atoms with Gasteiger partial charge in [0.25, 0.3) is 0 Å². The van der Waals surface area contributed by atoms with Crippen molar-refractivity contribution in [1.82, 2.24) is 9.72 Å². The van der Waals surface area contributed by atoms with Crippen LogP contribution in [0.3, 0.4) is 0 Å². The fourth-order valence-corrected chi connectivity index (χ4v) is 3.52. The van der Waals surface area contributed by atoms with Crippen LogP contribution in [0.1, 0.15) is 21.8 Å². The average molecular weight is 319 g/mol. The maximum atomic E-state index is 12.1. The predicted molar refractivity (Wildman–Crippen MR) is 93.9 cm³/mol. The molecule has 4 rings (SSSR count). The number of nitrogens with zero attached hydrogens (tertiary/aromatic N) is 2. The third-order valence-corrected chi connectivity index (χ3v) is 4.60. The van der Waals surface area contributed by atoms with Gasteiger partial charge in [-0.3, -0.25) is 4.79 Å². The first kappa shape index (κ1) is 14.5. The molecule has 0 radical (unpaired) electrons. The quantitative estimate of drug-likeness (QED) is 0.612. The van der Waals surface area contributed by atoms with E-state index < -0.39 is 5.91 Å². The van der Waals surface area contributed by atoms with E-state index in [2.05, 4.69) is 15.8 Å². The van der Waals surface area contributed by atoms with Crippen molar-refractivity contribution in [2.45, 2.75) is 13.8 Å². The third-order valence-electron chi connectivity index (χ3n) is 4.60. The Morgan fingerprint density at radius 2 is 1.92 bits per heavy atom. The van der Waals surface area contributed by atoms with E-state index >= 15 is 0 Å². The van der Waals surface area contributed by atoms with Gasteiger partial charge >= 0.3 is 0 Å². The van der Waals surface area contributed by atoms with Gasteiger partial charge in [-0.1, -0.05) is 23.4 Å². The molecular weight excluding hydrogens is 302 g/mol. The summed E-state index contributed by atoms with van der Waals surface area (Å²) in [6.45, 7) is 3.76. The number of carbonyl (C=O) groups excluding carboxylic acids is 1. The Labute approximate surface area is 138 Å². The van der Waals surface area contributed by atoms with E-state index in [1.54, 1.807) is 0 Å². The molecule has 0 spiro atoms. The zero-order chi connectivity index (χ0) is 17.0. The lowest BCUT2D eigenvalue weighted by molar-refractivity contribution is 0.100. The zero-order valence-electron chi connectivity index (χ0n) is 13.8. The Balaban J connectivity index is 2.19. The standard InChI is InChI=1S/C19H17N3O2/c1-10-17(11(2)24-21-10)12-8-14(19(20)23)18-13-6-4-5-7-15(13)22(3)16(18)9-12/h4-9H,1-3H3,(H2,20,23). The van der Waals surface area contributed by atoms with E-state index in [9.17, 15) is 4.79 Å². The lowest BCUT2D eigenvalue weighted by Gasteiger charge is -2.07. The van der Waals surface area contributed by atoms with Crippen molar-refractivity contribution < 1.29 is 9.32 Å². The SMILES string of the molecule is Cc1noc(C)c1-c1cc(C(N)=O)c2c3ccccc3n(C)c2c1. The summed E-state index contributed by atoms with van der Waals surface area (Å²) >= 11 is 0. The van der Waals surface area contributed by atoms with E-state index in [0.29, 0.717) is 5.56 Å². The van der Waals surface area contributed by atoms with E-state index in [1.165, 1.54) is 0 Å². The molecule has 5 nitrogen and oxygen atoms in total. The van der Waals surface area contributed by atoms with Crippen molar-refractivity contribution >= 4 is 27.7 Å². The highest BCUT2D eigenvalue weighted by Gasteiger charge is 2.19. The summed E-state index contributed by atoms with van der Waals surface area (Å²) in [6.07, 6.45) is 0. The Morgan fingerprint density at radius 1 is 1.17 bits per heavy atom. The average Bonchev–Trinajstić information content (AvgIpc) is 3.05. The monoisotopic (exact) mass is 319 g/mol. The minimum Gasteiger partial charge on any atom is -0.366 e. The number of fused-ring (bicyclic) bond motifs is 3. The van der Waals surface area contributed by atoms with Crippen molar-refractivity contribution in [2.75, 3.05) is 0 Å². The summed E-state index contributed by atoms with van der Waals surface area (Å²) in [5.74, 6) is 0.283. The second-order valence-corrected chi connectivity index (χ2v) is 6.06. The highest BCUT2D eigenvalue weighted by molar-refractivity contribution is 6.18. The number of aromatic nitrogens is 2. The molecule has 1 amide bonds. The summed E-state index contributed by atoms with van der Waals surface area (Å²) in [7, 11) is 1.99. The molecule has 5 heteroatoms. The molecule has 0 aliphatic heterocycles. The number of rotatable bonds is 2. The lowest BCUT2D eigenvalue weighted by Crippen LogP contribution is -2.11. The maximum Gasteiger partial charge on any atom is 0.249 e. The number of nitrogens with two attached hydrogens (primary N) is 1. The van der Waals surface area contributed by atoms with E-state index in [4.69, 9.17) is 10.3 Å². The van der Waals surface area contributed by atoms with Crippen LogP contribution in [0.25, 0.3) is 32.9 Å². The first-order chi connectivity index (χ1) is 11.5. The molecule has 0 fully saturated rings. The summed E-state index contributed by atoms with van der Waals surface area (Å²) in [4.78, 5) is 12.1. The molecule has 2 heterocycles. The molecular formula is C19H17N3O2. The Morgan fingerprint density at radius 3 is 2.58 bits per heavy atom. The minimum absolute atomic E-state index is 0.440. The van der Waals surface area contributed by atoms with Crippen molar-refractivity contribution in [2.24, 2.45) is 12.8 Å². The van der Waals surface area contributed by atoms with Gasteiger partial charge in [0.05, 0.1) is 11.2 Å². The van der Waals surface area contributed by atoms with Crippen LogP contribution in [0.4, 0.5) is 0 Å². The lowest BCUT2D eigenvalue weighted by atomic mass is 9.97. The van der Waals surface area contributed by atoms with Gasteiger partial charge in [0.15, 0.2) is 0 Å². The molecule has 2 aromatic carbocycles. The molecule has 4 aromatic rings. The number of primary amides is 1. The van der Waals surface area contributed by atoms with Crippen LogP contribution in [0.5, 0.6) is 0 Å². The van der Waals surface area contributed by atoms with Crippen LogP contribution in [0.2, 0.25) is 0 Å². The van der Waals surface area contributed by atoms with Gasteiger partial charge in [-0.05, 0) is 37.6 Å². The first-order valence-corrected chi connectivity index (χ1v) is 7.73. The molecule has 0 aliphatic carbocycles. The Bertz CT molecular complexity index is 1100. The fraction of sp³-hybridized carbons (Fsp3) is 0.158. The zero-order valence-corrected chi connectivity index (χ0v) is 13.8. The molecule has 0 atom stereocenters. The minimum atomic E-state index is -0.440. The van der Waals surface area contributed by atoms with Gasteiger partial charge in [0.1, 0.15) is 5.76 Å². The first-order valence-electron chi connectivity index (χ1n) is 7.73. The summed E-state index contributed by atoms with van der Waals surface area (Å²) < 4.78 is 7.36. The third kappa shape index (κ3) is 1.88. The summed E-state index contributed by atoms with van der Waals surface area (Å²) in [5, 5.41) is 5.92. The Kier molecular flexibility index (Phi) is 3.00. The number of aryl methyl sites for hydroxylation is 3. The molecule has 0 saturated carbocycles. The van der Waals surface area contributed by atoms with Crippen LogP contribution < -0.4 is 5.73 Å². The van der Waals surface area contributed by atoms with E-state index in [1.807, 2.05) is 51.2 Å². The smallest absolute Gasteiger partial charge is 0.249 e. The van der Waals surface area contributed by atoms with Gasteiger partial charge in [0, 0.05) is 34.5 Å². The van der Waals surface area contributed by atoms with Crippen LogP contribution in [-0.2, 0) is 7.05 Å². The normalized spacial score (nSPS) is 11.5. The topological polar surface area (TPSA) is 74.1 Å². The highest BCUT2D eigenvalue weighted by Crippen LogP contribution is 2.36. The van der Waals surface area contributed by atoms with Crippen LogP contribution >= 0.6 is 0 Å². The van der Waals surface area contributed by atoms with Crippen LogP contribution in [-0.4, -0.2) is 15.6 Å². The van der Waals surface area contributed by atoms with Crippen LogP contribution in [0.15, 0.2) is 40.9 Å². The molecule has 2 N–H and O–H groups in total. The van der Waals surface area contributed by atoms with Gasteiger partial charge < -0.3 is 14.8 Å². The number of hydrogen-bond donors (Lipinski definition) is 1. The summed E-state index contributed by atoms with van der Waals surface area (Å²) in [5.41, 5.74) is 10.8. The maximum absolute atomic E-state index is 12.1. The molecule has 120 valence electrons. The van der Waals surface area contributed by atoms with Gasteiger partial charge in [0.2, 0.25) is 5.91 Å². The van der Waals surface area contributed by atoms with Crippen molar-refractivity contribution in [3.05, 3.63) is 53.4 Å². The summed E-state index contributed by atoms with van der Waals surface area (Å²) in [6, 6.07) is 11.9. The number of carbonyl (C=O) groups is 1. The predicted octanol–water partition coefficient (Wildman–Crippen LogP) is 3.70. The molecule has 0 saturated heterocycles. The second kappa shape index (κ2) is 4.96. The number of hydrogen-bond acceptors (Lipinski definition) is 3.